The normalized spacial score (nSPS) is 28.6. The second-order valence-electron chi connectivity index (χ2n) is 10.9. The molecule has 4 N–H and O–H groups in total. The van der Waals surface area contributed by atoms with Gasteiger partial charge in [0.1, 0.15) is 54.2 Å². The van der Waals surface area contributed by atoms with E-state index in [9.17, 15) is 20.4 Å². The number of aliphatic hydroxyl groups excluding tert-OH is 4. The van der Waals surface area contributed by atoms with Gasteiger partial charge in [0.15, 0.2) is 0 Å². The van der Waals surface area contributed by atoms with Gasteiger partial charge in [0.2, 0.25) is 0 Å². The van der Waals surface area contributed by atoms with Gasteiger partial charge in [0, 0.05) is 6.42 Å². The van der Waals surface area contributed by atoms with Gasteiger partial charge >= 0.3 is 0 Å². The smallest absolute Gasteiger partial charge is 0.144 e. The highest BCUT2D eigenvalue weighted by Crippen LogP contribution is 2.36. The van der Waals surface area contributed by atoms with Crippen LogP contribution in [-0.4, -0.2) is 63.7 Å². The molecule has 0 bridgehead atoms. The zero-order chi connectivity index (χ0) is 27.0. The predicted octanol–water partition coefficient (Wildman–Crippen LogP) is 3.18. The SMILES string of the molecule is Cc1ccc2c(c1)CC(C)(COc1ccc(Cc3cc([C@@H]4O[C@H](CO)[C@@H](O)[C@H](O)[C@H]4O)ccc3C)cc1)O2. The molecule has 2 heterocycles. The molecule has 202 valence electrons. The predicted molar refractivity (Wildman–Crippen MR) is 143 cm³/mol. The van der Waals surface area contributed by atoms with Crippen molar-refractivity contribution in [2.45, 2.75) is 69.7 Å². The summed E-state index contributed by atoms with van der Waals surface area (Å²) in [6.45, 7) is 6.17. The number of fused-ring (bicyclic) bond motifs is 1. The molecule has 1 saturated heterocycles. The molecule has 0 saturated carbocycles. The summed E-state index contributed by atoms with van der Waals surface area (Å²) in [6, 6.07) is 20.0. The maximum absolute atomic E-state index is 10.5. The van der Waals surface area contributed by atoms with E-state index in [1.807, 2.05) is 55.5 Å². The number of aryl methyl sites for hydroxylation is 2. The van der Waals surface area contributed by atoms with Crippen LogP contribution >= 0.6 is 0 Å². The first-order valence-electron chi connectivity index (χ1n) is 13.1. The van der Waals surface area contributed by atoms with Crippen molar-refractivity contribution in [3.8, 4) is 11.5 Å². The largest absolute Gasteiger partial charge is 0.489 e. The van der Waals surface area contributed by atoms with Crippen LogP contribution in [0.5, 0.6) is 11.5 Å². The zero-order valence-corrected chi connectivity index (χ0v) is 22.0. The number of rotatable bonds is 7. The van der Waals surface area contributed by atoms with Gasteiger partial charge in [-0.05, 0) is 73.2 Å². The third kappa shape index (κ3) is 5.44. The molecule has 1 unspecified atom stereocenters. The Kier molecular flexibility index (Phi) is 7.49. The van der Waals surface area contributed by atoms with Gasteiger partial charge in [0.25, 0.3) is 0 Å². The molecule has 2 aliphatic heterocycles. The lowest BCUT2D eigenvalue weighted by Crippen LogP contribution is -2.55. The first-order valence-corrected chi connectivity index (χ1v) is 13.1. The molecule has 6 atom stereocenters. The Morgan fingerprint density at radius 1 is 0.921 bits per heavy atom. The summed E-state index contributed by atoms with van der Waals surface area (Å²) in [5.41, 5.74) is 5.94. The van der Waals surface area contributed by atoms with E-state index < -0.39 is 42.7 Å². The molecule has 5 rings (SSSR count). The number of hydrogen-bond acceptors (Lipinski definition) is 7. The number of hydrogen-bond donors (Lipinski definition) is 4. The molecule has 7 nitrogen and oxygen atoms in total. The monoisotopic (exact) mass is 520 g/mol. The van der Waals surface area contributed by atoms with Crippen LogP contribution in [-0.2, 0) is 17.6 Å². The summed E-state index contributed by atoms with van der Waals surface area (Å²) in [6.07, 6.45) is -4.40. The van der Waals surface area contributed by atoms with Gasteiger partial charge in [-0.15, -0.1) is 0 Å². The Morgan fingerprint density at radius 3 is 2.42 bits per heavy atom. The van der Waals surface area contributed by atoms with Gasteiger partial charge in [-0.3, -0.25) is 0 Å². The fourth-order valence-corrected chi connectivity index (χ4v) is 5.33. The average molecular weight is 521 g/mol. The van der Waals surface area contributed by atoms with Crippen molar-refractivity contribution in [1.82, 2.24) is 0 Å². The fourth-order valence-electron chi connectivity index (χ4n) is 5.33. The van der Waals surface area contributed by atoms with E-state index in [1.165, 1.54) is 11.1 Å². The van der Waals surface area contributed by atoms with Crippen molar-refractivity contribution in [2.24, 2.45) is 0 Å². The van der Waals surface area contributed by atoms with Crippen LogP contribution in [0.2, 0.25) is 0 Å². The molecule has 0 aliphatic carbocycles. The fraction of sp³-hybridized carbons (Fsp3) is 0.419. The van der Waals surface area contributed by atoms with E-state index in [0.717, 1.165) is 34.6 Å². The van der Waals surface area contributed by atoms with Crippen molar-refractivity contribution in [1.29, 1.82) is 0 Å². The summed E-state index contributed by atoms with van der Waals surface area (Å²) in [4.78, 5) is 0. The summed E-state index contributed by atoms with van der Waals surface area (Å²) in [5, 5.41) is 40.3. The van der Waals surface area contributed by atoms with Crippen LogP contribution < -0.4 is 9.47 Å². The number of aliphatic hydroxyl groups is 4. The van der Waals surface area contributed by atoms with E-state index in [4.69, 9.17) is 14.2 Å². The van der Waals surface area contributed by atoms with Crippen LogP contribution in [0.1, 0.15) is 46.4 Å². The topological polar surface area (TPSA) is 109 Å². The van der Waals surface area contributed by atoms with Crippen molar-refractivity contribution in [2.75, 3.05) is 13.2 Å². The van der Waals surface area contributed by atoms with Crippen molar-refractivity contribution in [3.05, 3.63) is 94.0 Å². The molecule has 3 aromatic rings. The Bertz CT molecular complexity index is 1270. The molecule has 1 fully saturated rings. The molecule has 0 spiro atoms. The Hall–Kier alpha value is -2.94. The van der Waals surface area contributed by atoms with E-state index >= 15 is 0 Å². The van der Waals surface area contributed by atoms with Crippen LogP contribution in [0.4, 0.5) is 0 Å². The molecule has 2 aliphatic rings. The van der Waals surface area contributed by atoms with Gasteiger partial charge < -0.3 is 34.6 Å². The van der Waals surface area contributed by atoms with Crippen LogP contribution in [0.3, 0.4) is 0 Å². The molecular formula is C31H36O7. The third-order valence-electron chi connectivity index (χ3n) is 7.59. The minimum atomic E-state index is -1.40. The van der Waals surface area contributed by atoms with Gasteiger partial charge in [0.05, 0.1) is 6.61 Å². The summed E-state index contributed by atoms with van der Waals surface area (Å²) >= 11 is 0. The lowest BCUT2D eigenvalue weighted by molar-refractivity contribution is -0.231. The maximum Gasteiger partial charge on any atom is 0.144 e. The second-order valence-corrected chi connectivity index (χ2v) is 10.9. The Morgan fingerprint density at radius 2 is 1.68 bits per heavy atom. The second kappa shape index (κ2) is 10.7. The van der Waals surface area contributed by atoms with Crippen LogP contribution in [0.15, 0.2) is 60.7 Å². The molecule has 38 heavy (non-hydrogen) atoms. The van der Waals surface area contributed by atoms with Gasteiger partial charge in [-0.2, -0.15) is 0 Å². The van der Waals surface area contributed by atoms with E-state index in [-0.39, 0.29) is 0 Å². The van der Waals surface area contributed by atoms with Gasteiger partial charge in [-0.1, -0.05) is 48.0 Å². The highest BCUT2D eigenvalue weighted by Gasteiger charge is 2.44. The lowest BCUT2D eigenvalue weighted by Gasteiger charge is -2.40. The lowest BCUT2D eigenvalue weighted by atomic mass is 9.89. The summed E-state index contributed by atoms with van der Waals surface area (Å²) in [5.74, 6) is 1.70. The molecule has 0 aromatic heterocycles. The van der Waals surface area contributed by atoms with E-state index in [2.05, 4.69) is 26.0 Å². The Balaban J connectivity index is 1.23. The molecule has 0 radical (unpaired) electrons. The van der Waals surface area contributed by atoms with Crippen LogP contribution in [0.25, 0.3) is 0 Å². The van der Waals surface area contributed by atoms with E-state index in [0.29, 0.717) is 18.6 Å². The first kappa shape index (κ1) is 26.7. The maximum atomic E-state index is 10.5. The quantitative estimate of drug-likeness (QED) is 0.379. The standard InChI is InChI=1S/C31H36O7/c1-18-4-11-25-23(12-18)15-31(3,38-25)17-36-24-9-6-20(7-10-24)13-22-14-21(8-5-19(22)2)30-29(35)28(34)27(33)26(16-32)37-30/h4-12,14,26-30,32-35H,13,15-17H2,1-3H3/t26-,27-,28+,29-,30+,31?/m1/s1. The minimum Gasteiger partial charge on any atom is -0.489 e. The first-order chi connectivity index (χ1) is 18.2. The molecule has 3 aromatic carbocycles. The molecule has 7 heteroatoms. The molecule has 0 amide bonds. The third-order valence-corrected chi connectivity index (χ3v) is 7.59. The number of benzene rings is 3. The van der Waals surface area contributed by atoms with Crippen LogP contribution in [0, 0.1) is 13.8 Å². The highest BCUT2D eigenvalue weighted by molar-refractivity contribution is 5.42. The minimum absolute atomic E-state index is 0.406. The molecular weight excluding hydrogens is 484 g/mol. The van der Waals surface area contributed by atoms with Crippen molar-refractivity contribution in [3.63, 3.8) is 0 Å². The van der Waals surface area contributed by atoms with Crippen molar-refractivity contribution < 1.29 is 34.6 Å². The van der Waals surface area contributed by atoms with Crippen molar-refractivity contribution >= 4 is 0 Å². The summed E-state index contributed by atoms with van der Waals surface area (Å²) in [7, 11) is 0. The summed E-state index contributed by atoms with van der Waals surface area (Å²) < 4.78 is 18.0. The zero-order valence-electron chi connectivity index (χ0n) is 22.0. The average Bonchev–Trinajstić information content (AvgIpc) is 3.24. The van der Waals surface area contributed by atoms with E-state index in [1.54, 1.807) is 0 Å². The van der Waals surface area contributed by atoms with Gasteiger partial charge in [-0.25, -0.2) is 0 Å². The Labute approximate surface area is 223 Å². The number of ether oxygens (including phenoxy) is 3. The highest BCUT2D eigenvalue weighted by atomic mass is 16.6.